The molecular weight excluding hydrogens is 428 g/mol. The number of ether oxygens (including phenoxy) is 2. The van der Waals surface area contributed by atoms with Gasteiger partial charge in [-0.2, -0.15) is 0 Å². The molecule has 0 bridgehead atoms. The van der Waals surface area contributed by atoms with Gasteiger partial charge in [0.1, 0.15) is 12.7 Å². The summed E-state index contributed by atoms with van der Waals surface area (Å²) < 4.78 is 19.0. The summed E-state index contributed by atoms with van der Waals surface area (Å²) in [5, 5.41) is 12.1. The third kappa shape index (κ3) is 4.33. The number of para-hydroxylation sites is 3. The number of carbonyl (C=O) groups excluding carboxylic acids is 1. The first-order chi connectivity index (χ1) is 15.8. The van der Waals surface area contributed by atoms with E-state index < -0.39 is 0 Å². The molecule has 1 N–H and O–H groups in total. The highest BCUT2D eigenvalue weighted by atomic mass is 32.2. The van der Waals surface area contributed by atoms with Crippen LogP contribution in [0, 0.1) is 0 Å². The van der Waals surface area contributed by atoms with Crippen LogP contribution in [0.1, 0.15) is 0 Å². The van der Waals surface area contributed by atoms with E-state index in [4.69, 9.17) is 13.9 Å². The number of carbonyl (C=O) groups is 1. The maximum absolute atomic E-state index is 12.5. The smallest absolute Gasteiger partial charge is 0.230 e. The van der Waals surface area contributed by atoms with Gasteiger partial charge in [-0.15, -0.1) is 10.2 Å². The molecule has 1 aliphatic rings. The number of furan rings is 1. The number of thioether (sulfide) groups is 1. The van der Waals surface area contributed by atoms with Crippen LogP contribution in [0.4, 0.5) is 0 Å². The average molecular weight is 449 g/mol. The van der Waals surface area contributed by atoms with Crippen LogP contribution in [-0.2, 0) is 4.79 Å². The predicted molar refractivity (Wildman–Crippen MR) is 119 cm³/mol. The quantitative estimate of drug-likeness (QED) is 0.432. The lowest BCUT2D eigenvalue weighted by Crippen LogP contribution is -2.41. The average Bonchev–Trinajstić information content (AvgIpc) is 3.52. The van der Waals surface area contributed by atoms with Crippen LogP contribution in [0.5, 0.6) is 11.5 Å². The number of nitrogens with one attached hydrogen (secondary N) is 1. The van der Waals surface area contributed by atoms with Crippen molar-refractivity contribution in [3.8, 4) is 28.8 Å². The van der Waals surface area contributed by atoms with Crippen molar-refractivity contribution in [1.29, 1.82) is 0 Å². The Bertz CT molecular complexity index is 1190. The van der Waals surface area contributed by atoms with Crippen LogP contribution >= 0.6 is 11.8 Å². The molecule has 0 radical (unpaired) electrons. The van der Waals surface area contributed by atoms with E-state index in [-0.39, 0.29) is 17.8 Å². The molecule has 4 aromatic rings. The van der Waals surface area contributed by atoms with Gasteiger partial charge in [0.2, 0.25) is 11.7 Å². The van der Waals surface area contributed by atoms with Crippen LogP contribution in [0.2, 0.25) is 0 Å². The van der Waals surface area contributed by atoms with Crippen LogP contribution < -0.4 is 14.8 Å². The minimum Gasteiger partial charge on any atom is -0.486 e. The maximum Gasteiger partial charge on any atom is 0.230 e. The summed E-state index contributed by atoms with van der Waals surface area (Å²) in [6, 6.07) is 20.9. The molecular formula is C23H20N4O4S. The van der Waals surface area contributed by atoms with Crippen molar-refractivity contribution in [3.05, 3.63) is 73.0 Å². The molecule has 0 saturated heterocycles. The summed E-state index contributed by atoms with van der Waals surface area (Å²) in [6.45, 7) is 0.746. The highest BCUT2D eigenvalue weighted by Crippen LogP contribution is 2.31. The summed E-state index contributed by atoms with van der Waals surface area (Å²) >= 11 is 1.31. The summed E-state index contributed by atoms with van der Waals surface area (Å²) in [6.07, 6.45) is 1.35. The topological polar surface area (TPSA) is 91.4 Å². The molecule has 0 fully saturated rings. The maximum atomic E-state index is 12.5. The van der Waals surface area contributed by atoms with E-state index in [9.17, 15) is 4.79 Å². The van der Waals surface area contributed by atoms with Crippen molar-refractivity contribution in [2.75, 3.05) is 18.9 Å². The second kappa shape index (κ2) is 9.19. The van der Waals surface area contributed by atoms with Crippen molar-refractivity contribution in [3.63, 3.8) is 0 Å². The van der Waals surface area contributed by atoms with Gasteiger partial charge >= 0.3 is 0 Å². The first-order valence-electron chi connectivity index (χ1n) is 10.1. The Morgan fingerprint density at radius 3 is 2.66 bits per heavy atom. The monoisotopic (exact) mass is 448 g/mol. The molecule has 0 aliphatic carbocycles. The summed E-state index contributed by atoms with van der Waals surface area (Å²) in [4.78, 5) is 12.5. The molecule has 3 heterocycles. The van der Waals surface area contributed by atoms with E-state index in [0.717, 1.165) is 11.4 Å². The SMILES string of the molecule is O=C(CSc1nnc(-c2ccco2)n1-c1ccccc1)NCC1COc2ccccc2O1. The van der Waals surface area contributed by atoms with Crippen molar-refractivity contribution < 1.29 is 18.7 Å². The second-order valence-corrected chi connectivity index (χ2v) is 7.99. The zero-order chi connectivity index (χ0) is 21.8. The summed E-state index contributed by atoms with van der Waals surface area (Å²) in [5.74, 6) is 2.65. The number of benzene rings is 2. The van der Waals surface area contributed by atoms with E-state index in [2.05, 4.69) is 15.5 Å². The van der Waals surface area contributed by atoms with Gasteiger partial charge in [0, 0.05) is 5.69 Å². The fourth-order valence-electron chi connectivity index (χ4n) is 3.31. The predicted octanol–water partition coefficient (Wildman–Crippen LogP) is 3.58. The Hall–Kier alpha value is -3.72. The molecule has 32 heavy (non-hydrogen) atoms. The fourth-order valence-corrected chi connectivity index (χ4v) is 4.09. The molecule has 162 valence electrons. The number of hydrogen-bond donors (Lipinski definition) is 1. The van der Waals surface area contributed by atoms with E-state index in [1.165, 1.54) is 11.8 Å². The number of rotatable bonds is 7. The highest BCUT2D eigenvalue weighted by molar-refractivity contribution is 7.99. The van der Waals surface area contributed by atoms with Gasteiger partial charge in [-0.1, -0.05) is 42.1 Å². The van der Waals surface area contributed by atoms with Crippen molar-refractivity contribution >= 4 is 17.7 Å². The third-order valence-corrected chi connectivity index (χ3v) is 5.75. The lowest BCUT2D eigenvalue weighted by atomic mass is 10.2. The molecule has 1 aliphatic heterocycles. The first kappa shape index (κ1) is 20.2. The van der Waals surface area contributed by atoms with Crippen LogP contribution in [0.3, 0.4) is 0 Å². The zero-order valence-electron chi connectivity index (χ0n) is 17.0. The van der Waals surface area contributed by atoms with Gasteiger partial charge in [0.05, 0.1) is 18.6 Å². The Kier molecular flexibility index (Phi) is 5.80. The zero-order valence-corrected chi connectivity index (χ0v) is 17.8. The molecule has 0 saturated carbocycles. The molecule has 1 amide bonds. The molecule has 2 aromatic carbocycles. The Morgan fingerprint density at radius 1 is 1.03 bits per heavy atom. The van der Waals surface area contributed by atoms with Gasteiger partial charge < -0.3 is 19.2 Å². The van der Waals surface area contributed by atoms with Crippen molar-refractivity contribution in [1.82, 2.24) is 20.1 Å². The molecule has 1 atom stereocenters. The van der Waals surface area contributed by atoms with E-state index in [1.807, 2.05) is 65.2 Å². The molecule has 0 spiro atoms. The molecule has 1 unspecified atom stereocenters. The lowest BCUT2D eigenvalue weighted by molar-refractivity contribution is -0.119. The van der Waals surface area contributed by atoms with Gasteiger partial charge in [-0.25, -0.2) is 0 Å². The van der Waals surface area contributed by atoms with E-state index >= 15 is 0 Å². The van der Waals surface area contributed by atoms with Crippen LogP contribution in [0.25, 0.3) is 17.3 Å². The van der Waals surface area contributed by atoms with Crippen LogP contribution in [0.15, 0.2) is 82.6 Å². The van der Waals surface area contributed by atoms with Crippen molar-refractivity contribution in [2.24, 2.45) is 0 Å². The Labute approximate surface area is 188 Å². The van der Waals surface area contributed by atoms with Gasteiger partial charge in [0.15, 0.2) is 22.4 Å². The van der Waals surface area contributed by atoms with Gasteiger partial charge in [0.25, 0.3) is 0 Å². The first-order valence-corrected chi connectivity index (χ1v) is 11.1. The number of amides is 1. The molecule has 5 rings (SSSR count). The molecule has 2 aromatic heterocycles. The number of fused-ring (bicyclic) bond motifs is 1. The Morgan fingerprint density at radius 2 is 1.84 bits per heavy atom. The van der Waals surface area contributed by atoms with Crippen LogP contribution in [-0.4, -0.2) is 45.7 Å². The fraction of sp³-hybridized carbons (Fsp3) is 0.174. The normalized spacial score (nSPS) is 14.8. The number of hydrogen-bond acceptors (Lipinski definition) is 7. The highest BCUT2D eigenvalue weighted by Gasteiger charge is 2.22. The summed E-state index contributed by atoms with van der Waals surface area (Å²) in [5.41, 5.74) is 0.887. The standard InChI is InChI=1S/C23H20N4O4S/c28-21(24-13-17-14-30-18-9-4-5-10-19(18)31-17)15-32-23-26-25-22(20-11-6-12-29-20)27(23)16-7-2-1-3-8-16/h1-12,17H,13-15H2,(H,24,28). The third-order valence-electron chi connectivity index (χ3n) is 4.82. The van der Waals surface area contributed by atoms with Gasteiger partial charge in [-0.05, 0) is 36.4 Å². The van der Waals surface area contributed by atoms with Gasteiger partial charge in [-0.3, -0.25) is 9.36 Å². The van der Waals surface area contributed by atoms with Crippen molar-refractivity contribution in [2.45, 2.75) is 11.3 Å². The second-order valence-electron chi connectivity index (χ2n) is 7.04. The summed E-state index contributed by atoms with van der Waals surface area (Å²) in [7, 11) is 0. The molecule has 9 heteroatoms. The minimum atomic E-state index is -0.239. The molecule has 8 nitrogen and oxygen atoms in total. The van der Waals surface area contributed by atoms with E-state index in [0.29, 0.717) is 35.6 Å². The Balaban J connectivity index is 1.23. The number of aromatic nitrogens is 3. The minimum absolute atomic E-state index is 0.125. The number of nitrogens with zero attached hydrogens (tertiary/aromatic N) is 3. The lowest BCUT2D eigenvalue weighted by Gasteiger charge is -2.26. The largest absolute Gasteiger partial charge is 0.486 e. The van der Waals surface area contributed by atoms with E-state index in [1.54, 1.807) is 12.3 Å².